The fraction of sp³-hybridized carbons (Fsp3) is 0.231. The van der Waals surface area contributed by atoms with Gasteiger partial charge < -0.3 is 10.6 Å². The lowest BCUT2D eigenvalue weighted by Gasteiger charge is -2.09. The number of carbonyl (C=O) groups excluding carboxylic acids is 1. The largest absolute Gasteiger partial charge is 0.372 e. The fourth-order valence-electron chi connectivity index (χ4n) is 1.69. The molecule has 0 aromatic carbocycles. The van der Waals surface area contributed by atoms with Crippen molar-refractivity contribution in [3.63, 3.8) is 0 Å². The van der Waals surface area contributed by atoms with Crippen LogP contribution in [-0.4, -0.2) is 24.5 Å². The zero-order valence-electron chi connectivity index (χ0n) is 10.7. The minimum absolute atomic E-state index is 0.147. The maximum Gasteiger partial charge on any atom is 0.255 e. The number of pyridine rings is 1. The molecule has 0 saturated carbocycles. The Balaban J connectivity index is 1.96. The number of nitrogens with zero attached hydrogens (tertiary/aromatic N) is 1. The Morgan fingerprint density at radius 1 is 1.50 bits per heavy atom. The Hall–Kier alpha value is -1.11. The van der Waals surface area contributed by atoms with Crippen LogP contribution in [0.25, 0.3) is 0 Å². The van der Waals surface area contributed by atoms with Crippen LogP contribution in [-0.2, 0) is 6.42 Å². The molecule has 106 valence electrons. The highest BCUT2D eigenvalue weighted by Gasteiger charge is 2.12. The zero-order chi connectivity index (χ0) is 14.5. The summed E-state index contributed by atoms with van der Waals surface area (Å²) in [4.78, 5) is 17.4. The maximum absolute atomic E-state index is 12.1. The minimum atomic E-state index is -0.147. The smallest absolute Gasteiger partial charge is 0.255 e. The second-order valence-electron chi connectivity index (χ2n) is 4.01. The topological polar surface area (TPSA) is 54.0 Å². The minimum Gasteiger partial charge on any atom is -0.372 e. The van der Waals surface area contributed by atoms with E-state index in [0.29, 0.717) is 17.9 Å². The molecule has 4 nitrogen and oxygen atoms in total. The van der Waals surface area contributed by atoms with E-state index in [-0.39, 0.29) is 5.91 Å². The van der Waals surface area contributed by atoms with Gasteiger partial charge in [0.1, 0.15) is 5.82 Å². The average molecular weight is 375 g/mol. The van der Waals surface area contributed by atoms with E-state index in [1.807, 2.05) is 12.1 Å². The van der Waals surface area contributed by atoms with Gasteiger partial charge in [0.05, 0.1) is 9.90 Å². The van der Waals surface area contributed by atoms with E-state index in [1.165, 1.54) is 11.3 Å². The Labute approximate surface area is 134 Å². The van der Waals surface area contributed by atoms with Gasteiger partial charge in [-0.3, -0.25) is 4.79 Å². The summed E-state index contributed by atoms with van der Waals surface area (Å²) >= 11 is 10.7. The predicted molar refractivity (Wildman–Crippen MR) is 86.8 cm³/mol. The Kier molecular flexibility index (Phi) is 5.39. The lowest BCUT2D eigenvalue weighted by Crippen LogP contribution is -2.26. The van der Waals surface area contributed by atoms with E-state index in [4.69, 9.17) is 11.6 Å². The second kappa shape index (κ2) is 7.06. The van der Waals surface area contributed by atoms with E-state index in [0.717, 1.165) is 20.1 Å². The molecular weight excluding hydrogens is 362 g/mol. The van der Waals surface area contributed by atoms with Crippen molar-refractivity contribution in [1.29, 1.82) is 0 Å². The summed E-state index contributed by atoms with van der Waals surface area (Å²) in [7, 11) is 1.74. The van der Waals surface area contributed by atoms with E-state index in [1.54, 1.807) is 19.3 Å². The van der Waals surface area contributed by atoms with Gasteiger partial charge in [-0.2, -0.15) is 0 Å². The molecule has 2 rings (SSSR count). The summed E-state index contributed by atoms with van der Waals surface area (Å²) in [5.74, 6) is 0.413. The lowest BCUT2D eigenvalue weighted by atomic mass is 10.2. The highest BCUT2D eigenvalue weighted by Crippen LogP contribution is 2.21. The van der Waals surface area contributed by atoms with E-state index in [9.17, 15) is 4.79 Å². The van der Waals surface area contributed by atoms with E-state index in [2.05, 4.69) is 31.5 Å². The number of amides is 1. The Morgan fingerprint density at radius 3 is 2.95 bits per heavy atom. The quantitative estimate of drug-likeness (QED) is 0.841. The summed E-state index contributed by atoms with van der Waals surface area (Å²) in [6.45, 7) is 0.561. The van der Waals surface area contributed by atoms with Crippen molar-refractivity contribution in [2.24, 2.45) is 0 Å². The number of halogens is 2. The first-order valence-corrected chi connectivity index (χ1v) is 7.94. The molecule has 0 aliphatic carbocycles. The first-order valence-electron chi connectivity index (χ1n) is 5.96. The number of carbonyl (C=O) groups is 1. The maximum atomic E-state index is 12.1. The summed E-state index contributed by atoms with van der Waals surface area (Å²) in [5, 5.41) is 5.79. The highest BCUT2D eigenvalue weighted by molar-refractivity contribution is 9.10. The van der Waals surface area contributed by atoms with E-state index < -0.39 is 0 Å². The molecule has 1 amide bonds. The summed E-state index contributed by atoms with van der Waals surface area (Å²) in [6.07, 6.45) is 2.41. The van der Waals surface area contributed by atoms with Crippen molar-refractivity contribution in [3.8, 4) is 0 Å². The van der Waals surface area contributed by atoms with E-state index >= 15 is 0 Å². The van der Waals surface area contributed by atoms with Gasteiger partial charge in [-0.15, -0.1) is 11.3 Å². The van der Waals surface area contributed by atoms with Crippen LogP contribution in [0.15, 0.2) is 28.9 Å². The van der Waals surface area contributed by atoms with Gasteiger partial charge in [-0.05, 0) is 40.5 Å². The summed E-state index contributed by atoms with van der Waals surface area (Å²) in [6, 6.07) is 5.58. The van der Waals surface area contributed by atoms with Crippen LogP contribution in [0.1, 0.15) is 15.2 Å². The number of thiophene rings is 1. The predicted octanol–water partition coefficient (Wildman–Crippen LogP) is 3.57. The molecule has 2 aromatic rings. The highest BCUT2D eigenvalue weighted by atomic mass is 79.9. The molecule has 0 radical (unpaired) electrons. The Morgan fingerprint density at radius 2 is 2.30 bits per heavy atom. The number of anilines is 1. The first-order chi connectivity index (χ1) is 9.60. The Bertz CT molecular complexity index is 617. The molecule has 0 atom stereocenters. The van der Waals surface area contributed by atoms with Gasteiger partial charge in [0.25, 0.3) is 5.91 Å². The molecule has 2 heterocycles. The standard InChI is InChI=1S/C13H13BrClN3OS/c1-16-12-10(6-8(14)7-18-12)13(19)17-5-4-9-2-3-11(15)20-9/h2-3,6-7H,4-5H2,1H3,(H,16,18)(H,17,19). The van der Waals surface area contributed by atoms with Crippen LogP contribution in [0.4, 0.5) is 5.82 Å². The van der Waals surface area contributed by atoms with Crippen LogP contribution >= 0.6 is 38.9 Å². The van der Waals surface area contributed by atoms with Gasteiger partial charge in [0, 0.05) is 29.1 Å². The molecule has 20 heavy (non-hydrogen) atoms. The molecule has 0 bridgehead atoms. The van der Waals surface area contributed by atoms with Crippen LogP contribution in [0.3, 0.4) is 0 Å². The van der Waals surface area contributed by atoms with Crippen molar-refractivity contribution in [2.45, 2.75) is 6.42 Å². The molecule has 7 heteroatoms. The van der Waals surface area contributed by atoms with Crippen molar-refractivity contribution in [3.05, 3.63) is 43.6 Å². The van der Waals surface area contributed by atoms with Crippen molar-refractivity contribution < 1.29 is 4.79 Å². The zero-order valence-corrected chi connectivity index (χ0v) is 13.9. The van der Waals surface area contributed by atoms with Gasteiger partial charge in [0.15, 0.2) is 0 Å². The SMILES string of the molecule is CNc1ncc(Br)cc1C(=O)NCCc1ccc(Cl)s1. The van der Waals surface area contributed by atoms with Gasteiger partial charge >= 0.3 is 0 Å². The number of hydrogen-bond donors (Lipinski definition) is 2. The lowest BCUT2D eigenvalue weighted by molar-refractivity contribution is 0.0954. The average Bonchev–Trinajstić information content (AvgIpc) is 2.84. The summed E-state index contributed by atoms with van der Waals surface area (Å²) < 4.78 is 1.53. The monoisotopic (exact) mass is 373 g/mol. The van der Waals surface area contributed by atoms with Crippen LogP contribution in [0, 0.1) is 0 Å². The number of nitrogens with one attached hydrogen (secondary N) is 2. The molecule has 0 spiro atoms. The van der Waals surface area contributed by atoms with Crippen molar-refractivity contribution >= 4 is 50.6 Å². The molecule has 0 aliphatic rings. The third kappa shape index (κ3) is 3.94. The van der Waals surface area contributed by atoms with Crippen molar-refractivity contribution in [1.82, 2.24) is 10.3 Å². The van der Waals surface area contributed by atoms with Gasteiger partial charge in [0.2, 0.25) is 0 Å². The van der Waals surface area contributed by atoms with Gasteiger partial charge in [-0.25, -0.2) is 4.98 Å². The number of rotatable bonds is 5. The van der Waals surface area contributed by atoms with Gasteiger partial charge in [-0.1, -0.05) is 11.6 Å². The molecule has 0 saturated heterocycles. The van der Waals surface area contributed by atoms with Crippen LogP contribution in [0.2, 0.25) is 4.34 Å². The first kappa shape index (κ1) is 15.3. The number of aromatic nitrogens is 1. The number of hydrogen-bond acceptors (Lipinski definition) is 4. The summed E-state index contributed by atoms with van der Waals surface area (Å²) in [5.41, 5.74) is 0.520. The normalized spacial score (nSPS) is 10.3. The molecular formula is C13H13BrClN3OS. The molecule has 0 aliphatic heterocycles. The fourth-order valence-corrected chi connectivity index (χ4v) is 3.11. The third-order valence-electron chi connectivity index (χ3n) is 2.62. The van der Waals surface area contributed by atoms with Crippen LogP contribution < -0.4 is 10.6 Å². The third-order valence-corrected chi connectivity index (χ3v) is 4.35. The van der Waals surface area contributed by atoms with Crippen LogP contribution in [0.5, 0.6) is 0 Å². The molecule has 2 aromatic heterocycles. The molecule has 2 N–H and O–H groups in total. The second-order valence-corrected chi connectivity index (χ2v) is 6.73. The van der Waals surface area contributed by atoms with Crippen molar-refractivity contribution in [2.75, 3.05) is 18.9 Å². The molecule has 0 unspecified atom stereocenters. The molecule has 0 fully saturated rings.